The molecule has 0 bridgehead atoms. The Hall–Kier alpha value is -3.21. The standard InChI is InChI=1S/C19H14FNO3/c1-2-11-23-17-6-4-3-5-14(17)12-16-19(22)24-18(21-16)13-7-9-15(20)10-8-13/h2-10,12H,1,11H2/b16-12-. The number of ether oxygens (including phenoxy) is 2. The van der Waals surface area contributed by atoms with E-state index in [1.54, 1.807) is 18.2 Å². The largest absolute Gasteiger partial charge is 0.489 e. The second kappa shape index (κ2) is 6.91. The maximum Gasteiger partial charge on any atom is 0.363 e. The molecule has 3 rings (SSSR count). The number of benzene rings is 2. The number of hydrogen-bond acceptors (Lipinski definition) is 4. The molecule has 2 aromatic rings. The first-order chi connectivity index (χ1) is 11.7. The van der Waals surface area contributed by atoms with Gasteiger partial charge in [0.25, 0.3) is 0 Å². The Bertz CT molecular complexity index is 838. The van der Waals surface area contributed by atoms with E-state index < -0.39 is 5.97 Å². The highest BCUT2D eigenvalue weighted by atomic mass is 19.1. The minimum absolute atomic E-state index is 0.149. The van der Waals surface area contributed by atoms with Crippen LogP contribution < -0.4 is 4.74 Å². The lowest BCUT2D eigenvalue weighted by Crippen LogP contribution is -2.05. The van der Waals surface area contributed by atoms with Gasteiger partial charge in [0, 0.05) is 11.1 Å². The van der Waals surface area contributed by atoms with Crippen molar-refractivity contribution < 1.29 is 18.7 Å². The number of carbonyl (C=O) groups is 1. The van der Waals surface area contributed by atoms with Gasteiger partial charge < -0.3 is 9.47 Å². The molecule has 4 nitrogen and oxygen atoms in total. The Labute approximate surface area is 138 Å². The highest BCUT2D eigenvalue weighted by Crippen LogP contribution is 2.24. The molecule has 0 fully saturated rings. The number of halogens is 1. The maximum absolute atomic E-state index is 13.0. The quantitative estimate of drug-likeness (QED) is 0.478. The SMILES string of the molecule is C=CCOc1ccccc1/C=C1\N=C(c2ccc(F)cc2)OC1=O. The van der Waals surface area contributed by atoms with Crippen LogP contribution in [0.1, 0.15) is 11.1 Å². The molecule has 5 heteroatoms. The number of hydrogen-bond donors (Lipinski definition) is 0. The normalized spacial score (nSPS) is 15.1. The molecular weight excluding hydrogens is 309 g/mol. The number of esters is 1. The van der Waals surface area contributed by atoms with Gasteiger partial charge in [-0.05, 0) is 36.4 Å². The van der Waals surface area contributed by atoms with Gasteiger partial charge in [0.15, 0.2) is 5.70 Å². The summed E-state index contributed by atoms with van der Waals surface area (Å²) < 4.78 is 23.7. The smallest absolute Gasteiger partial charge is 0.363 e. The maximum atomic E-state index is 13.0. The van der Waals surface area contributed by atoms with Crippen LogP contribution >= 0.6 is 0 Å². The van der Waals surface area contributed by atoms with Crippen molar-refractivity contribution in [3.8, 4) is 5.75 Å². The molecule has 1 heterocycles. The van der Waals surface area contributed by atoms with E-state index in [0.29, 0.717) is 23.5 Å². The Balaban J connectivity index is 1.91. The van der Waals surface area contributed by atoms with Gasteiger partial charge >= 0.3 is 5.97 Å². The van der Waals surface area contributed by atoms with Gasteiger partial charge in [0.2, 0.25) is 5.90 Å². The molecule has 1 aliphatic rings. The molecule has 24 heavy (non-hydrogen) atoms. The van der Waals surface area contributed by atoms with Crippen LogP contribution in [0.2, 0.25) is 0 Å². The summed E-state index contributed by atoms with van der Waals surface area (Å²) in [6.07, 6.45) is 3.23. The van der Waals surface area contributed by atoms with Crippen molar-refractivity contribution in [1.82, 2.24) is 0 Å². The Morgan fingerprint density at radius 2 is 1.92 bits per heavy atom. The first-order valence-corrected chi connectivity index (χ1v) is 7.28. The topological polar surface area (TPSA) is 47.9 Å². The number of cyclic esters (lactones) is 1. The summed E-state index contributed by atoms with van der Waals surface area (Å²) in [6, 6.07) is 12.8. The lowest BCUT2D eigenvalue weighted by molar-refractivity contribution is -0.129. The summed E-state index contributed by atoms with van der Waals surface area (Å²) in [4.78, 5) is 16.2. The summed E-state index contributed by atoms with van der Waals surface area (Å²) in [7, 11) is 0. The second-order valence-electron chi connectivity index (χ2n) is 4.98. The molecule has 0 amide bonds. The fourth-order valence-electron chi connectivity index (χ4n) is 2.15. The molecule has 0 radical (unpaired) electrons. The summed E-state index contributed by atoms with van der Waals surface area (Å²) in [6.45, 7) is 3.96. The molecule has 0 aliphatic carbocycles. The minimum atomic E-state index is -0.562. The van der Waals surface area contributed by atoms with E-state index in [-0.39, 0.29) is 17.4 Å². The Morgan fingerprint density at radius 1 is 1.17 bits per heavy atom. The van der Waals surface area contributed by atoms with Gasteiger partial charge in [-0.15, -0.1) is 0 Å². The monoisotopic (exact) mass is 323 g/mol. The molecule has 0 N–H and O–H groups in total. The Kier molecular flexibility index (Phi) is 4.52. The van der Waals surface area contributed by atoms with Gasteiger partial charge in [0.1, 0.15) is 18.2 Å². The van der Waals surface area contributed by atoms with Crippen LogP contribution in [-0.2, 0) is 9.53 Å². The lowest BCUT2D eigenvalue weighted by atomic mass is 10.1. The fraction of sp³-hybridized carbons (Fsp3) is 0.0526. The molecular formula is C19H14FNO3. The summed E-state index contributed by atoms with van der Waals surface area (Å²) in [5, 5.41) is 0. The van der Waals surface area contributed by atoms with E-state index in [9.17, 15) is 9.18 Å². The van der Waals surface area contributed by atoms with Crippen molar-refractivity contribution in [1.29, 1.82) is 0 Å². The summed E-state index contributed by atoms with van der Waals surface area (Å²) in [5.41, 5.74) is 1.39. The summed E-state index contributed by atoms with van der Waals surface area (Å²) >= 11 is 0. The van der Waals surface area contributed by atoms with Crippen molar-refractivity contribution in [3.05, 3.63) is 83.8 Å². The zero-order valence-corrected chi connectivity index (χ0v) is 12.7. The van der Waals surface area contributed by atoms with Gasteiger partial charge in [-0.2, -0.15) is 0 Å². The fourth-order valence-corrected chi connectivity index (χ4v) is 2.15. The van der Waals surface area contributed by atoms with Crippen molar-refractivity contribution in [2.45, 2.75) is 0 Å². The third kappa shape index (κ3) is 3.41. The molecule has 0 saturated heterocycles. The van der Waals surface area contributed by atoms with Gasteiger partial charge in [0.05, 0.1) is 0 Å². The first kappa shape index (κ1) is 15.7. The molecule has 0 spiro atoms. The molecule has 2 aromatic carbocycles. The zero-order chi connectivity index (χ0) is 16.9. The van der Waals surface area contributed by atoms with E-state index in [1.807, 2.05) is 18.2 Å². The van der Waals surface area contributed by atoms with E-state index in [2.05, 4.69) is 11.6 Å². The Morgan fingerprint density at radius 3 is 2.67 bits per heavy atom. The van der Waals surface area contributed by atoms with Crippen LogP contribution in [0.5, 0.6) is 5.75 Å². The van der Waals surface area contributed by atoms with Crippen LogP contribution in [-0.4, -0.2) is 18.5 Å². The van der Waals surface area contributed by atoms with E-state index in [0.717, 1.165) is 0 Å². The van der Waals surface area contributed by atoms with Crippen LogP contribution in [0.15, 0.2) is 71.9 Å². The average molecular weight is 323 g/mol. The number of rotatable bonds is 5. The summed E-state index contributed by atoms with van der Waals surface area (Å²) in [5.74, 6) is -0.167. The molecule has 1 aliphatic heterocycles. The molecule has 0 unspecified atom stereocenters. The first-order valence-electron chi connectivity index (χ1n) is 7.28. The van der Waals surface area contributed by atoms with Gasteiger partial charge in [-0.25, -0.2) is 14.2 Å². The highest BCUT2D eigenvalue weighted by Gasteiger charge is 2.24. The molecule has 0 atom stereocenters. The van der Waals surface area contributed by atoms with Crippen LogP contribution in [0.3, 0.4) is 0 Å². The van der Waals surface area contributed by atoms with Crippen LogP contribution in [0.25, 0.3) is 6.08 Å². The number of carbonyl (C=O) groups excluding carboxylic acids is 1. The van der Waals surface area contributed by atoms with Crippen LogP contribution in [0, 0.1) is 5.82 Å². The lowest BCUT2D eigenvalue weighted by Gasteiger charge is -2.06. The van der Waals surface area contributed by atoms with Crippen molar-refractivity contribution >= 4 is 17.9 Å². The number of para-hydroxylation sites is 1. The van der Waals surface area contributed by atoms with Gasteiger partial charge in [-0.1, -0.05) is 30.9 Å². The zero-order valence-electron chi connectivity index (χ0n) is 12.7. The van der Waals surface area contributed by atoms with E-state index in [1.165, 1.54) is 24.3 Å². The predicted octanol–water partition coefficient (Wildman–Crippen LogP) is 3.74. The average Bonchev–Trinajstić information content (AvgIpc) is 2.95. The number of aliphatic imine (C=N–C) groups is 1. The van der Waals surface area contributed by atoms with E-state index in [4.69, 9.17) is 9.47 Å². The molecule has 0 saturated carbocycles. The number of nitrogens with zero attached hydrogens (tertiary/aromatic N) is 1. The van der Waals surface area contributed by atoms with Crippen molar-refractivity contribution in [2.75, 3.05) is 6.61 Å². The minimum Gasteiger partial charge on any atom is -0.489 e. The van der Waals surface area contributed by atoms with Gasteiger partial charge in [-0.3, -0.25) is 0 Å². The second-order valence-corrected chi connectivity index (χ2v) is 4.98. The third-order valence-corrected chi connectivity index (χ3v) is 3.28. The molecule has 0 aromatic heterocycles. The third-order valence-electron chi connectivity index (χ3n) is 3.28. The van der Waals surface area contributed by atoms with E-state index >= 15 is 0 Å². The van der Waals surface area contributed by atoms with Crippen molar-refractivity contribution in [3.63, 3.8) is 0 Å². The highest BCUT2D eigenvalue weighted by molar-refractivity contribution is 6.12. The molecule has 120 valence electrons. The van der Waals surface area contributed by atoms with Crippen molar-refractivity contribution in [2.24, 2.45) is 4.99 Å². The predicted molar refractivity (Wildman–Crippen MR) is 89.1 cm³/mol. The van der Waals surface area contributed by atoms with Crippen LogP contribution in [0.4, 0.5) is 4.39 Å².